The van der Waals surface area contributed by atoms with Gasteiger partial charge in [0, 0.05) is 59.2 Å². The van der Waals surface area contributed by atoms with E-state index in [1.165, 1.54) is 0 Å². The summed E-state index contributed by atoms with van der Waals surface area (Å²) in [5.74, 6) is 2.16. The van der Waals surface area contributed by atoms with Crippen LogP contribution in [0.25, 0.3) is 11.2 Å². The zero-order valence-corrected chi connectivity index (χ0v) is 23.0. The van der Waals surface area contributed by atoms with Crippen LogP contribution in [-0.2, 0) is 30.2 Å². The lowest BCUT2D eigenvalue weighted by Crippen LogP contribution is -2.35. The second kappa shape index (κ2) is 11.1. The molecule has 12 heteroatoms. The summed E-state index contributed by atoms with van der Waals surface area (Å²) in [6, 6.07) is 7.06. The molecule has 5 rings (SSSR count). The first-order valence-electron chi connectivity index (χ1n) is 13.0. The van der Waals surface area contributed by atoms with Crippen molar-refractivity contribution >= 4 is 33.0 Å². The molecule has 1 fully saturated rings. The van der Waals surface area contributed by atoms with Crippen LogP contribution in [0.1, 0.15) is 37.1 Å². The summed E-state index contributed by atoms with van der Waals surface area (Å²) in [5.41, 5.74) is 2.48. The number of piperidine rings is 1. The summed E-state index contributed by atoms with van der Waals surface area (Å²) in [5, 5.41) is 3.31. The van der Waals surface area contributed by atoms with Crippen molar-refractivity contribution in [3.63, 3.8) is 0 Å². The third kappa shape index (κ3) is 5.51. The van der Waals surface area contributed by atoms with Crippen molar-refractivity contribution < 1.29 is 8.42 Å². The molecule has 0 unspecified atom stereocenters. The number of benzene rings is 1. The Kier molecular flexibility index (Phi) is 7.61. The number of hydrogen-bond donors (Lipinski definition) is 1. The highest BCUT2D eigenvalue weighted by molar-refractivity contribution is 7.89. The van der Waals surface area contributed by atoms with Crippen LogP contribution >= 0.6 is 0 Å². The van der Waals surface area contributed by atoms with Crippen LogP contribution < -0.4 is 10.2 Å². The Bertz CT molecular complexity index is 1480. The van der Waals surface area contributed by atoms with Gasteiger partial charge in [0.05, 0.1) is 11.2 Å². The number of fused-ring (bicyclic) bond motifs is 1. The van der Waals surface area contributed by atoms with Crippen LogP contribution in [-0.4, -0.2) is 68.5 Å². The number of aryl methyl sites for hydroxylation is 3. The largest absolute Gasteiger partial charge is 0.358 e. The van der Waals surface area contributed by atoms with Gasteiger partial charge in [0.1, 0.15) is 11.3 Å². The van der Waals surface area contributed by atoms with Crippen molar-refractivity contribution in [2.75, 3.05) is 36.9 Å². The first-order valence-corrected chi connectivity index (χ1v) is 14.5. The van der Waals surface area contributed by atoms with Gasteiger partial charge in [-0.25, -0.2) is 18.4 Å². The monoisotopic (exact) mass is 537 g/mol. The van der Waals surface area contributed by atoms with E-state index in [0.29, 0.717) is 36.1 Å². The molecule has 0 saturated carbocycles. The molecule has 0 atom stereocenters. The number of aromatic nitrogens is 6. The summed E-state index contributed by atoms with van der Waals surface area (Å²) in [6.07, 6.45) is 9.44. The molecule has 1 aliphatic rings. The minimum atomic E-state index is -3.44. The minimum absolute atomic E-state index is 0.337. The molecular formula is C26H35N9O2S. The van der Waals surface area contributed by atoms with Gasteiger partial charge in [0.15, 0.2) is 11.5 Å². The normalized spacial score (nSPS) is 14.7. The smallest absolute Gasteiger partial charge is 0.243 e. The first-order chi connectivity index (χ1) is 18.3. The molecule has 11 nitrogen and oxygen atoms in total. The molecule has 38 heavy (non-hydrogen) atoms. The van der Waals surface area contributed by atoms with Gasteiger partial charge in [0.2, 0.25) is 16.0 Å². The van der Waals surface area contributed by atoms with Gasteiger partial charge in [-0.1, -0.05) is 18.6 Å². The average molecular weight is 538 g/mol. The molecule has 202 valence electrons. The van der Waals surface area contributed by atoms with Crippen LogP contribution in [0.15, 0.2) is 47.9 Å². The molecule has 1 saturated heterocycles. The van der Waals surface area contributed by atoms with Crippen molar-refractivity contribution in [2.24, 2.45) is 7.05 Å². The van der Waals surface area contributed by atoms with Gasteiger partial charge in [-0.3, -0.25) is 0 Å². The number of imidazole rings is 2. The van der Waals surface area contributed by atoms with Gasteiger partial charge in [-0.2, -0.15) is 14.3 Å². The predicted molar refractivity (Wildman–Crippen MR) is 148 cm³/mol. The SMILES string of the molecule is Cc1nc2nc(NCc3ccc(S(=O)(=O)N4CCCCC4)cc3)nc(N(C)CCCn3ccnc3)c2n1C. The topological polar surface area (TPSA) is 114 Å². The van der Waals surface area contributed by atoms with Gasteiger partial charge in [0.25, 0.3) is 0 Å². The number of sulfonamides is 1. The van der Waals surface area contributed by atoms with Crippen LogP contribution in [0.5, 0.6) is 0 Å². The zero-order chi connectivity index (χ0) is 26.7. The van der Waals surface area contributed by atoms with E-state index in [9.17, 15) is 8.42 Å². The summed E-state index contributed by atoms with van der Waals surface area (Å²) in [4.78, 5) is 20.7. The number of rotatable bonds is 10. The van der Waals surface area contributed by atoms with E-state index in [-0.39, 0.29) is 0 Å². The molecule has 0 aliphatic carbocycles. The Hall–Kier alpha value is -3.51. The molecule has 4 heterocycles. The third-order valence-corrected chi connectivity index (χ3v) is 9.01. The van der Waals surface area contributed by atoms with Gasteiger partial charge < -0.3 is 19.4 Å². The molecule has 1 N–H and O–H groups in total. The van der Waals surface area contributed by atoms with Crippen molar-refractivity contribution in [3.05, 3.63) is 54.4 Å². The van der Waals surface area contributed by atoms with E-state index < -0.39 is 10.0 Å². The molecule has 0 spiro atoms. The van der Waals surface area contributed by atoms with Crippen molar-refractivity contribution in [3.8, 4) is 0 Å². The van der Waals surface area contributed by atoms with Crippen molar-refractivity contribution in [1.82, 2.24) is 33.4 Å². The minimum Gasteiger partial charge on any atom is -0.358 e. The summed E-state index contributed by atoms with van der Waals surface area (Å²) >= 11 is 0. The van der Waals surface area contributed by atoms with E-state index >= 15 is 0 Å². The maximum Gasteiger partial charge on any atom is 0.243 e. The average Bonchev–Trinajstić information content (AvgIpc) is 3.55. The molecule has 1 aromatic carbocycles. The van der Waals surface area contributed by atoms with Crippen LogP contribution in [0, 0.1) is 6.92 Å². The summed E-state index contributed by atoms with van der Waals surface area (Å²) in [6.45, 7) is 5.29. The second-order valence-corrected chi connectivity index (χ2v) is 11.7. The fourth-order valence-electron chi connectivity index (χ4n) is 4.77. The molecule has 4 aromatic rings. The molecule has 0 bridgehead atoms. The van der Waals surface area contributed by atoms with Crippen molar-refractivity contribution in [1.29, 1.82) is 0 Å². The van der Waals surface area contributed by atoms with E-state index in [2.05, 4.69) is 29.7 Å². The third-order valence-electron chi connectivity index (χ3n) is 7.09. The van der Waals surface area contributed by atoms with Crippen molar-refractivity contribution in [2.45, 2.75) is 50.6 Å². The summed E-state index contributed by atoms with van der Waals surface area (Å²) < 4.78 is 31.6. The van der Waals surface area contributed by atoms with E-state index in [1.54, 1.807) is 22.6 Å². The highest BCUT2D eigenvalue weighted by atomic mass is 32.2. The number of hydrogen-bond acceptors (Lipinski definition) is 8. The molecule has 1 aliphatic heterocycles. The van der Waals surface area contributed by atoms with Crippen LogP contribution in [0.4, 0.5) is 11.8 Å². The lowest BCUT2D eigenvalue weighted by Gasteiger charge is -2.25. The Balaban J connectivity index is 1.30. The number of nitrogens with one attached hydrogen (secondary N) is 1. The van der Waals surface area contributed by atoms with E-state index in [0.717, 1.165) is 61.5 Å². The highest BCUT2D eigenvalue weighted by Gasteiger charge is 2.25. The van der Waals surface area contributed by atoms with Crippen LogP contribution in [0.2, 0.25) is 0 Å². The Morgan fingerprint density at radius 1 is 1.05 bits per heavy atom. The standard InChI is InChI=1S/C26H35N9O2S/c1-20-29-24-23(33(20)3)25(32(2)13-7-14-34-17-12-27-19-34)31-26(30-24)28-18-21-8-10-22(11-9-21)38(36,37)35-15-5-4-6-16-35/h8-12,17,19H,4-7,13-16,18H2,1-3H3,(H,28,30,31). The van der Waals surface area contributed by atoms with Crippen LogP contribution in [0.3, 0.4) is 0 Å². The van der Waals surface area contributed by atoms with Gasteiger partial charge >= 0.3 is 0 Å². The van der Waals surface area contributed by atoms with Gasteiger partial charge in [-0.15, -0.1) is 0 Å². The van der Waals surface area contributed by atoms with E-state index in [1.807, 2.05) is 50.2 Å². The fraction of sp³-hybridized carbons (Fsp3) is 0.462. The molecule has 0 amide bonds. The number of nitrogens with zero attached hydrogens (tertiary/aromatic N) is 8. The maximum absolute atomic E-state index is 12.9. The quantitative estimate of drug-likeness (QED) is 0.328. The second-order valence-electron chi connectivity index (χ2n) is 9.80. The van der Waals surface area contributed by atoms with E-state index in [4.69, 9.17) is 4.98 Å². The lowest BCUT2D eigenvalue weighted by molar-refractivity contribution is 0.346. The predicted octanol–water partition coefficient (Wildman–Crippen LogP) is 3.18. The lowest BCUT2D eigenvalue weighted by atomic mass is 10.2. The first kappa shape index (κ1) is 26.1. The molecule has 0 radical (unpaired) electrons. The summed E-state index contributed by atoms with van der Waals surface area (Å²) in [7, 11) is 0.564. The molecular weight excluding hydrogens is 502 g/mol. The Morgan fingerprint density at radius 2 is 1.82 bits per heavy atom. The highest BCUT2D eigenvalue weighted by Crippen LogP contribution is 2.26. The fourth-order valence-corrected chi connectivity index (χ4v) is 6.29. The Labute approximate surface area is 223 Å². The maximum atomic E-state index is 12.9. The number of anilines is 2. The zero-order valence-electron chi connectivity index (χ0n) is 22.2. The Morgan fingerprint density at radius 3 is 2.53 bits per heavy atom. The van der Waals surface area contributed by atoms with Gasteiger partial charge in [-0.05, 0) is 43.9 Å². The molecule has 3 aromatic heterocycles.